The molecule has 0 radical (unpaired) electrons. The molecule has 0 N–H and O–H groups in total. The molecule has 0 fully saturated rings. The summed E-state index contributed by atoms with van der Waals surface area (Å²) in [4.78, 5) is 4.10. The Balaban J connectivity index is 2.40. The first-order chi connectivity index (χ1) is 7.89. The third kappa shape index (κ3) is 2.18. The molecule has 2 nitrogen and oxygen atoms in total. The lowest BCUT2D eigenvalue weighted by atomic mass is 10.2. The number of imidazole rings is 1. The molecule has 0 saturated heterocycles. The topological polar surface area (TPSA) is 17.8 Å². The van der Waals surface area contributed by atoms with Crippen LogP contribution in [0, 0.1) is 13.8 Å². The molecule has 5 heteroatoms. The van der Waals surface area contributed by atoms with Crippen molar-refractivity contribution in [2.24, 2.45) is 0 Å². The summed E-state index contributed by atoms with van der Waals surface area (Å²) in [6, 6.07) is 5.03. The maximum Gasteiger partial charge on any atom is 0.416 e. The van der Waals surface area contributed by atoms with Crippen LogP contribution in [0.4, 0.5) is 13.2 Å². The van der Waals surface area contributed by atoms with Gasteiger partial charge in [0.15, 0.2) is 0 Å². The zero-order valence-corrected chi connectivity index (χ0v) is 9.42. The SMILES string of the molecule is Cc1ncn(-c2ccc(C(F)(F)F)cc2)c1C. The second-order valence-electron chi connectivity index (χ2n) is 3.83. The number of halogens is 3. The largest absolute Gasteiger partial charge is 0.416 e. The summed E-state index contributed by atoms with van der Waals surface area (Å²) in [5.74, 6) is 0. The van der Waals surface area contributed by atoms with Gasteiger partial charge in [-0.2, -0.15) is 13.2 Å². The third-order valence-electron chi connectivity index (χ3n) is 2.72. The fourth-order valence-electron chi connectivity index (χ4n) is 1.57. The van der Waals surface area contributed by atoms with E-state index in [2.05, 4.69) is 4.98 Å². The van der Waals surface area contributed by atoms with E-state index in [0.717, 1.165) is 23.5 Å². The highest BCUT2D eigenvalue weighted by molar-refractivity contribution is 5.37. The van der Waals surface area contributed by atoms with Gasteiger partial charge in [0.05, 0.1) is 17.6 Å². The maximum atomic E-state index is 12.4. The first-order valence-corrected chi connectivity index (χ1v) is 5.08. The van der Waals surface area contributed by atoms with E-state index in [1.807, 2.05) is 13.8 Å². The monoisotopic (exact) mass is 240 g/mol. The Morgan fingerprint density at radius 3 is 2.06 bits per heavy atom. The molecule has 0 saturated carbocycles. The van der Waals surface area contributed by atoms with Crippen molar-refractivity contribution in [2.75, 3.05) is 0 Å². The van der Waals surface area contributed by atoms with Crippen molar-refractivity contribution in [2.45, 2.75) is 20.0 Å². The zero-order valence-electron chi connectivity index (χ0n) is 9.42. The Morgan fingerprint density at radius 2 is 1.65 bits per heavy atom. The number of aryl methyl sites for hydroxylation is 1. The predicted molar refractivity (Wildman–Crippen MR) is 58.0 cm³/mol. The van der Waals surface area contributed by atoms with Gasteiger partial charge in [-0.15, -0.1) is 0 Å². The van der Waals surface area contributed by atoms with E-state index in [1.165, 1.54) is 12.1 Å². The number of benzene rings is 1. The van der Waals surface area contributed by atoms with E-state index in [4.69, 9.17) is 0 Å². The average molecular weight is 240 g/mol. The van der Waals surface area contributed by atoms with Crippen LogP contribution in [0.3, 0.4) is 0 Å². The lowest BCUT2D eigenvalue weighted by Crippen LogP contribution is -2.05. The number of nitrogens with zero attached hydrogens (tertiary/aromatic N) is 2. The third-order valence-corrected chi connectivity index (χ3v) is 2.72. The average Bonchev–Trinajstić information content (AvgIpc) is 2.59. The highest BCUT2D eigenvalue weighted by Gasteiger charge is 2.30. The Hall–Kier alpha value is -1.78. The Morgan fingerprint density at radius 1 is 1.06 bits per heavy atom. The van der Waals surface area contributed by atoms with E-state index < -0.39 is 11.7 Å². The lowest BCUT2D eigenvalue weighted by Gasteiger charge is -2.09. The lowest BCUT2D eigenvalue weighted by molar-refractivity contribution is -0.137. The van der Waals surface area contributed by atoms with Crippen molar-refractivity contribution < 1.29 is 13.2 Å². The van der Waals surface area contributed by atoms with Gasteiger partial charge < -0.3 is 4.57 Å². The van der Waals surface area contributed by atoms with Gasteiger partial charge in [0.1, 0.15) is 0 Å². The van der Waals surface area contributed by atoms with E-state index in [-0.39, 0.29) is 0 Å². The molecule has 0 spiro atoms. The van der Waals surface area contributed by atoms with Crippen LogP contribution in [0.1, 0.15) is 17.0 Å². The summed E-state index contributed by atoms with van der Waals surface area (Å²) < 4.78 is 38.9. The van der Waals surface area contributed by atoms with E-state index in [1.54, 1.807) is 10.9 Å². The molecular weight excluding hydrogens is 229 g/mol. The number of hydrogen-bond donors (Lipinski definition) is 0. The number of alkyl halides is 3. The van der Waals surface area contributed by atoms with Crippen LogP contribution in [0.2, 0.25) is 0 Å². The van der Waals surface area contributed by atoms with Crippen LogP contribution in [0.15, 0.2) is 30.6 Å². The van der Waals surface area contributed by atoms with Gasteiger partial charge in [-0.3, -0.25) is 0 Å². The number of aromatic nitrogens is 2. The second-order valence-corrected chi connectivity index (χ2v) is 3.83. The summed E-state index contributed by atoms with van der Waals surface area (Å²) >= 11 is 0. The van der Waals surface area contributed by atoms with E-state index >= 15 is 0 Å². The molecule has 0 amide bonds. The number of rotatable bonds is 1. The summed E-state index contributed by atoms with van der Waals surface area (Å²) in [7, 11) is 0. The fraction of sp³-hybridized carbons (Fsp3) is 0.250. The molecule has 1 aromatic heterocycles. The predicted octanol–water partition coefficient (Wildman–Crippen LogP) is 3.51. The molecule has 17 heavy (non-hydrogen) atoms. The van der Waals surface area contributed by atoms with Gasteiger partial charge >= 0.3 is 6.18 Å². The van der Waals surface area contributed by atoms with Crippen LogP contribution >= 0.6 is 0 Å². The minimum atomic E-state index is -4.29. The smallest absolute Gasteiger partial charge is 0.303 e. The molecule has 0 atom stereocenters. The molecule has 1 heterocycles. The molecule has 0 unspecified atom stereocenters. The van der Waals surface area contributed by atoms with Gasteiger partial charge in [-0.25, -0.2) is 4.98 Å². The van der Waals surface area contributed by atoms with Gasteiger partial charge in [0.2, 0.25) is 0 Å². The Labute approximate surface area is 96.7 Å². The second kappa shape index (κ2) is 3.91. The van der Waals surface area contributed by atoms with Crippen molar-refractivity contribution in [3.63, 3.8) is 0 Å². The first-order valence-electron chi connectivity index (χ1n) is 5.08. The van der Waals surface area contributed by atoms with Gasteiger partial charge in [0, 0.05) is 11.4 Å². The first kappa shape index (κ1) is 11.7. The normalized spacial score (nSPS) is 11.8. The van der Waals surface area contributed by atoms with Crippen molar-refractivity contribution in [1.82, 2.24) is 9.55 Å². The molecule has 0 bridgehead atoms. The molecular formula is C12H11F3N2. The molecule has 1 aromatic carbocycles. The van der Waals surface area contributed by atoms with Crippen LogP contribution in [0.5, 0.6) is 0 Å². The van der Waals surface area contributed by atoms with Crippen LogP contribution in [0.25, 0.3) is 5.69 Å². The Bertz CT molecular complexity index is 524. The highest BCUT2D eigenvalue weighted by Crippen LogP contribution is 2.29. The van der Waals surface area contributed by atoms with Crippen LogP contribution in [-0.4, -0.2) is 9.55 Å². The van der Waals surface area contributed by atoms with Crippen molar-refractivity contribution in [3.8, 4) is 5.69 Å². The molecule has 2 aromatic rings. The summed E-state index contributed by atoms with van der Waals surface area (Å²) in [6.07, 6.45) is -2.69. The van der Waals surface area contributed by atoms with Crippen molar-refractivity contribution >= 4 is 0 Å². The molecule has 0 aliphatic heterocycles. The summed E-state index contributed by atoms with van der Waals surface area (Å²) in [5.41, 5.74) is 1.82. The highest BCUT2D eigenvalue weighted by atomic mass is 19.4. The van der Waals surface area contributed by atoms with E-state index in [0.29, 0.717) is 5.69 Å². The molecule has 0 aliphatic rings. The summed E-state index contributed by atoms with van der Waals surface area (Å²) in [6.45, 7) is 3.73. The molecule has 0 aliphatic carbocycles. The van der Waals surface area contributed by atoms with Crippen molar-refractivity contribution in [1.29, 1.82) is 0 Å². The van der Waals surface area contributed by atoms with Crippen LogP contribution in [-0.2, 0) is 6.18 Å². The standard InChI is InChI=1S/C12H11F3N2/c1-8-9(2)17(7-16-8)11-5-3-10(4-6-11)12(13,14)15/h3-7H,1-2H3. The maximum absolute atomic E-state index is 12.4. The summed E-state index contributed by atoms with van der Waals surface area (Å²) in [5, 5.41) is 0. The molecule has 2 rings (SSSR count). The van der Waals surface area contributed by atoms with Gasteiger partial charge in [0.25, 0.3) is 0 Å². The fourth-order valence-corrected chi connectivity index (χ4v) is 1.57. The van der Waals surface area contributed by atoms with E-state index in [9.17, 15) is 13.2 Å². The van der Waals surface area contributed by atoms with Gasteiger partial charge in [-0.1, -0.05) is 0 Å². The quantitative estimate of drug-likeness (QED) is 0.745. The van der Waals surface area contributed by atoms with Crippen LogP contribution < -0.4 is 0 Å². The minimum Gasteiger partial charge on any atom is -0.303 e. The van der Waals surface area contributed by atoms with Gasteiger partial charge in [-0.05, 0) is 38.1 Å². The number of hydrogen-bond acceptors (Lipinski definition) is 1. The van der Waals surface area contributed by atoms with Crippen molar-refractivity contribution in [3.05, 3.63) is 47.5 Å². The minimum absolute atomic E-state index is 0.643. The molecule has 90 valence electrons. The Kier molecular flexibility index (Phi) is 2.69. The zero-order chi connectivity index (χ0) is 12.6.